The number of aromatic nitrogens is 6. The van der Waals surface area contributed by atoms with E-state index in [2.05, 4.69) is 25.6 Å². The Hall–Kier alpha value is -8.82. The minimum Gasteiger partial charge on any atom is -0.476 e. The Bertz CT molecular complexity index is 3140. The number of primary amides is 1. The molecule has 4 fully saturated rings. The molecule has 5 amide bonds. The van der Waals surface area contributed by atoms with Gasteiger partial charge in [-0.15, -0.1) is 0 Å². The second-order valence-electron chi connectivity index (χ2n) is 23.5. The molecule has 0 atom stereocenters. The molecule has 6 aromatic rings. The molecule has 0 bridgehead atoms. The summed E-state index contributed by atoms with van der Waals surface area (Å²) in [5, 5.41) is 15.5. The highest BCUT2D eigenvalue weighted by Gasteiger charge is 2.57. The lowest BCUT2D eigenvalue weighted by Crippen LogP contribution is -2.64. The number of ether oxygens (including phenoxy) is 2. The molecule has 2 aliphatic heterocycles. The SMILES string of the molecule is CCc1ccnc(NC(=O)c2ccc(-c3nc(C4CC5(C4)CN(C(=O)OC(C)(C)C)C5)n(N)c3C(=O)O)cc2)c1.CCc1ccnc(NC(=O)c2ccc(-c3nc(C4CC5(C4)CN(C(=O)OC(C)(C)C)C5)n(N)c3C(N)=O)cc2)c1. The average Bonchev–Trinajstić information content (AvgIpc) is 3.91. The van der Waals surface area contributed by atoms with Crippen LogP contribution >= 0.6 is 0 Å². The first kappa shape index (κ1) is 55.9. The number of aromatic carboxylic acids is 1. The fourth-order valence-electron chi connectivity index (χ4n) is 11.1. The predicted octanol–water partition coefficient (Wildman–Crippen LogP) is 7.97. The Morgan fingerprint density at radius 3 is 1.30 bits per heavy atom. The van der Waals surface area contributed by atoms with Gasteiger partial charge >= 0.3 is 18.2 Å². The number of nitrogens with two attached hydrogens (primary N) is 3. The molecule has 2 aliphatic carbocycles. The van der Waals surface area contributed by atoms with Crippen LogP contribution in [0.5, 0.6) is 0 Å². The molecule has 4 aliphatic rings. The molecule has 420 valence electrons. The summed E-state index contributed by atoms with van der Waals surface area (Å²) < 4.78 is 13.4. The van der Waals surface area contributed by atoms with Gasteiger partial charge in [0.05, 0.1) is 0 Å². The third kappa shape index (κ3) is 11.8. The lowest BCUT2D eigenvalue weighted by atomic mass is 9.57. The summed E-state index contributed by atoms with van der Waals surface area (Å²) in [6, 6.07) is 20.8. The van der Waals surface area contributed by atoms with Gasteiger partial charge in [-0.2, -0.15) is 0 Å². The van der Waals surface area contributed by atoms with E-state index in [0.717, 1.165) is 54.3 Å². The Kier molecular flexibility index (Phi) is 15.0. The number of hydrogen-bond donors (Lipinski definition) is 6. The van der Waals surface area contributed by atoms with Gasteiger partial charge in [0.1, 0.15) is 45.9 Å². The van der Waals surface area contributed by atoms with Crippen LogP contribution in [0.15, 0.2) is 85.2 Å². The van der Waals surface area contributed by atoms with Crippen molar-refractivity contribution in [3.8, 4) is 22.5 Å². The molecule has 6 heterocycles. The number of carboxylic acids is 1. The molecule has 22 nitrogen and oxygen atoms in total. The molecule has 0 radical (unpaired) electrons. The van der Waals surface area contributed by atoms with Gasteiger partial charge in [-0.1, -0.05) is 38.1 Å². The predicted molar refractivity (Wildman–Crippen MR) is 299 cm³/mol. The molecule has 2 saturated carbocycles. The summed E-state index contributed by atoms with van der Waals surface area (Å²) in [5.41, 5.74) is 9.36. The van der Waals surface area contributed by atoms with Crippen LogP contribution in [0.25, 0.3) is 22.5 Å². The van der Waals surface area contributed by atoms with Crippen LogP contribution < -0.4 is 28.1 Å². The lowest BCUT2D eigenvalue weighted by molar-refractivity contribution is -0.0801. The largest absolute Gasteiger partial charge is 0.476 e. The van der Waals surface area contributed by atoms with Crippen molar-refractivity contribution >= 4 is 47.5 Å². The number of carbonyl (C=O) groups excluding carboxylic acids is 5. The Morgan fingerprint density at radius 2 is 0.963 bits per heavy atom. The number of carboxylic acid groups (broad SMARTS) is 1. The number of hydrogen-bond acceptors (Lipinski definition) is 14. The van der Waals surface area contributed by atoms with E-state index in [1.807, 2.05) is 79.7 Å². The molecule has 22 heteroatoms. The minimum atomic E-state index is -1.19. The van der Waals surface area contributed by atoms with E-state index in [1.54, 1.807) is 70.7 Å². The van der Waals surface area contributed by atoms with Crippen LogP contribution in [0.3, 0.4) is 0 Å². The van der Waals surface area contributed by atoms with E-state index in [-0.39, 0.29) is 63.7 Å². The summed E-state index contributed by atoms with van der Waals surface area (Å²) >= 11 is 0. The van der Waals surface area contributed by atoms with Crippen molar-refractivity contribution < 1.29 is 43.3 Å². The number of nitrogens with zero attached hydrogens (tertiary/aromatic N) is 8. The molecule has 2 aromatic carbocycles. The van der Waals surface area contributed by atoms with Crippen molar-refractivity contribution in [1.29, 1.82) is 0 Å². The number of rotatable bonds is 12. The highest BCUT2D eigenvalue weighted by atomic mass is 16.6. The first-order valence-corrected chi connectivity index (χ1v) is 26.7. The zero-order valence-electron chi connectivity index (χ0n) is 46.3. The van der Waals surface area contributed by atoms with E-state index in [9.17, 15) is 33.9 Å². The Balaban J connectivity index is 0.000000194. The molecule has 4 aromatic heterocycles. The fraction of sp³-hybridized carbons (Fsp3) is 0.414. The molecule has 2 spiro atoms. The van der Waals surface area contributed by atoms with Gasteiger partial charge in [-0.3, -0.25) is 14.4 Å². The number of nitrogens with one attached hydrogen (secondary N) is 2. The number of amides is 5. The van der Waals surface area contributed by atoms with Gasteiger partial charge in [0.15, 0.2) is 11.4 Å². The van der Waals surface area contributed by atoms with Crippen LogP contribution in [0, 0.1) is 10.8 Å². The van der Waals surface area contributed by atoms with Crippen LogP contribution in [-0.2, 0) is 22.3 Å². The normalized spacial score (nSPS) is 16.9. The zero-order chi connectivity index (χ0) is 57.6. The van der Waals surface area contributed by atoms with Crippen LogP contribution in [0.1, 0.15) is 157 Å². The van der Waals surface area contributed by atoms with Gasteiger partial charge in [0.2, 0.25) is 0 Å². The van der Waals surface area contributed by atoms with Gasteiger partial charge in [-0.25, -0.2) is 43.7 Å². The van der Waals surface area contributed by atoms with Crippen molar-refractivity contribution in [2.24, 2.45) is 16.6 Å². The molecule has 80 heavy (non-hydrogen) atoms. The number of aryl methyl sites for hydroxylation is 2. The molecule has 2 saturated heterocycles. The summed E-state index contributed by atoms with van der Waals surface area (Å²) in [6.45, 7) is 17.6. The second-order valence-corrected chi connectivity index (χ2v) is 23.5. The monoisotopic (exact) mass is 1090 g/mol. The summed E-state index contributed by atoms with van der Waals surface area (Å²) in [4.78, 5) is 95.8. The maximum absolute atomic E-state index is 12.8. The van der Waals surface area contributed by atoms with Crippen molar-refractivity contribution in [2.45, 2.75) is 117 Å². The van der Waals surface area contributed by atoms with Crippen molar-refractivity contribution in [3.63, 3.8) is 0 Å². The van der Waals surface area contributed by atoms with Crippen LogP contribution in [-0.4, -0.2) is 117 Å². The number of carbonyl (C=O) groups is 6. The smallest absolute Gasteiger partial charge is 0.410 e. The minimum absolute atomic E-state index is 0.0150. The second kappa shape index (κ2) is 21.4. The summed E-state index contributed by atoms with van der Waals surface area (Å²) in [6.07, 6.45) is 7.46. The topological polar surface area (TPSA) is 311 Å². The third-order valence-electron chi connectivity index (χ3n) is 15.0. The number of imidazole rings is 2. The summed E-state index contributed by atoms with van der Waals surface area (Å²) in [5.74, 6) is 12.1. The number of benzene rings is 2. The first-order valence-electron chi connectivity index (χ1n) is 26.7. The zero-order valence-corrected chi connectivity index (χ0v) is 46.3. The summed E-state index contributed by atoms with van der Waals surface area (Å²) in [7, 11) is 0. The molecule has 9 N–H and O–H groups in total. The quantitative estimate of drug-likeness (QED) is 0.0633. The average molecular weight is 1090 g/mol. The maximum Gasteiger partial charge on any atom is 0.410 e. The standard InChI is InChI=1S/C29H35N7O4.C29H34N6O5/c1-5-17-10-11-32-21(12-17)33-26(38)19-8-6-18(7-9-19)22-23(24(30)37)36(31)25(34-22)20-13-29(14-20)15-35(16-29)27(39)40-28(2,3)4;1-5-17-10-11-31-21(12-17)32-25(36)19-8-6-18(7-9-19)22-23(26(37)38)35(30)24(33-22)20-13-29(14-20)15-34(16-29)27(39)40-28(2,3)4/h6-12,20H,5,13-16,31H2,1-4H3,(H2,30,37)(H,32,33,38);6-12,20H,5,13-16,30H2,1-4H3,(H,37,38)(H,31,32,36). The fourth-order valence-corrected chi connectivity index (χ4v) is 11.1. The van der Waals surface area contributed by atoms with E-state index >= 15 is 0 Å². The number of nitrogen functional groups attached to an aromatic ring is 2. The lowest BCUT2D eigenvalue weighted by Gasteiger charge is -2.58. The highest BCUT2D eigenvalue weighted by Crippen LogP contribution is 2.57. The van der Waals surface area contributed by atoms with E-state index in [1.165, 1.54) is 4.68 Å². The molecular weight excluding hydrogens is 1020 g/mol. The third-order valence-corrected chi connectivity index (χ3v) is 15.0. The van der Waals surface area contributed by atoms with Crippen LogP contribution in [0.4, 0.5) is 21.2 Å². The first-order chi connectivity index (χ1) is 37.8. The highest BCUT2D eigenvalue weighted by molar-refractivity contribution is 6.05. The van der Waals surface area contributed by atoms with Gasteiger partial charge in [0.25, 0.3) is 17.7 Å². The number of pyridine rings is 2. The number of likely N-dealkylation sites (tertiary alicyclic amines) is 2. The molecule has 0 unspecified atom stereocenters. The maximum atomic E-state index is 12.8. The van der Waals surface area contributed by atoms with E-state index in [0.29, 0.717) is 77.4 Å². The van der Waals surface area contributed by atoms with Crippen molar-refractivity contribution in [3.05, 3.63) is 130 Å². The van der Waals surface area contributed by atoms with E-state index in [4.69, 9.17) is 31.9 Å². The molecular formula is C58H69N13O9. The Morgan fingerprint density at radius 1 is 0.600 bits per heavy atom. The van der Waals surface area contributed by atoms with Gasteiger partial charge in [0, 0.05) is 83.5 Å². The van der Waals surface area contributed by atoms with Crippen molar-refractivity contribution in [1.82, 2.24) is 39.1 Å². The van der Waals surface area contributed by atoms with Crippen LogP contribution in [0.2, 0.25) is 0 Å². The van der Waals surface area contributed by atoms with Gasteiger partial charge < -0.3 is 52.4 Å². The number of anilines is 2. The van der Waals surface area contributed by atoms with Crippen molar-refractivity contribution in [2.75, 3.05) is 48.5 Å². The Labute approximate surface area is 463 Å². The van der Waals surface area contributed by atoms with Gasteiger partial charge in [-0.05, 0) is 140 Å². The van der Waals surface area contributed by atoms with E-state index < -0.39 is 23.1 Å². The molecule has 10 rings (SSSR count).